The van der Waals surface area contributed by atoms with Crippen LogP contribution in [-0.2, 0) is 0 Å². The number of anilines is 1. The smallest absolute Gasteiger partial charge is 0.172 e. The van der Waals surface area contributed by atoms with Gasteiger partial charge in [-0.2, -0.15) is 0 Å². The highest BCUT2D eigenvalue weighted by atomic mass is 35.5. The molecule has 0 amide bonds. The highest BCUT2D eigenvalue weighted by Crippen LogP contribution is 2.28. The molecule has 19 heavy (non-hydrogen) atoms. The van der Waals surface area contributed by atoms with Gasteiger partial charge in [-0.25, -0.2) is 4.39 Å². The average molecular weight is 283 g/mol. The molecular weight excluding hydrogens is 267 g/mol. The first-order valence-corrected chi connectivity index (χ1v) is 6.52. The summed E-state index contributed by atoms with van der Waals surface area (Å²) in [5.74, 6) is -0.258. The van der Waals surface area contributed by atoms with Gasteiger partial charge < -0.3 is 10.4 Å². The van der Waals surface area contributed by atoms with Crippen LogP contribution in [0, 0.1) is 11.7 Å². The average Bonchev–Trinajstić information content (AvgIpc) is 2.38. The Bertz CT molecular complexity index is 589. The van der Waals surface area contributed by atoms with Gasteiger partial charge in [-0.3, -0.25) is 4.98 Å². The molecule has 0 saturated carbocycles. The number of aromatic nitrogens is 1. The van der Waals surface area contributed by atoms with Gasteiger partial charge in [0.05, 0.1) is 23.4 Å². The number of hydrogen-bond donors (Lipinski definition) is 2. The van der Waals surface area contributed by atoms with Crippen molar-refractivity contribution in [2.45, 2.75) is 19.9 Å². The van der Waals surface area contributed by atoms with Crippen LogP contribution >= 0.6 is 11.6 Å². The molecule has 2 N–H and O–H groups in total. The van der Waals surface area contributed by atoms with Crippen LogP contribution in [-0.4, -0.2) is 22.7 Å². The Morgan fingerprint density at radius 2 is 2.11 bits per heavy atom. The highest BCUT2D eigenvalue weighted by Gasteiger charge is 2.16. The van der Waals surface area contributed by atoms with Crippen molar-refractivity contribution in [2.24, 2.45) is 5.92 Å². The Hall–Kier alpha value is -1.39. The van der Waals surface area contributed by atoms with Gasteiger partial charge in [-0.05, 0) is 24.1 Å². The predicted octanol–water partition coefficient (Wildman–Crippen LogP) is 3.46. The SMILES string of the molecule is CC(C)[C@@H](CO)Nc1ccc2c(Cl)ccnc2c1F. The molecule has 1 aromatic heterocycles. The molecule has 0 aliphatic carbocycles. The summed E-state index contributed by atoms with van der Waals surface area (Å²) in [5.41, 5.74) is 0.563. The molecule has 3 nitrogen and oxygen atoms in total. The molecule has 0 aliphatic rings. The second-order valence-electron chi connectivity index (χ2n) is 4.79. The van der Waals surface area contributed by atoms with E-state index >= 15 is 0 Å². The quantitative estimate of drug-likeness (QED) is 0.903. The Morgan fingerprint density at radius 1 is 1.37 bits per heavy atom. The van der Waals surface area contributed by atoms with E-state index in [1.165, 1.54) is 6.20 Å². The fourth-order valence-electron chi connectivity index (χ4n) is 1.88. The number of rotatable bonds is 4. The minimum absolute atomic E-state index is 0.0574. The predicted molar refractivity (Wildman–Crippen MR) is 76.0 cm³/mol. The lowest BCUT2D eigenvalue weighted by Crippen LogP contribution is -2.29. The summed E-state index contributed by atoms with van der Waals surface area (Å²) in [4.78, 5) is 4.02. The summed E-state index contributed by atoms with van der Waals surface area (Å²) >= 11 is 6.00. The zero-order chi connectivity index (χ0) is 14.0. The lowest BCUT2D eigenvalue weighted by atomic mass is 10.0. The number of aliphatic hydroxyl groups excluding tert-OH is 1. The minimum Gasteiger partial charge on any atom is -0.394 e. The number of fused-ring (bicyclic) bond motifs is 1. The summed E-state index contributed by atoms with van der Waals surface area (Å²) in [6, 6.07) is 4.77. The molecule has 0 aliphatic heterocycles. The first-order valence-electron chi connectivity index (χ1n) is 6.14. The van der Waals surface area contributed by atoms with Crippen molar-refractivity contribution >= 4 is 28.2 Å². The van der Waals surface area contributed by atoms with E-state index in [-0.39, 0.29) is 24.1 Å². The Morgan fingerprint density at radius 3 is 2.74 bits per heavy atom. The van der Waals surface area contributed by atoms with Crippen LogP contribution < -0.4 is 5.32 Å². The molecule has 1 aromatic carbocycles. The molecule has 0 saturated heterocycles. The van der Waals surface area contributed by atoms with Gasteiger partial charge in [0.1, 0.15) is 5.52 Å². The number of aliphatic hydroxyl groups is 1. The van der Waals surface area contributed by atoms with Crippen LogP contribution in [0.2, 0.25) is 5.02 Å². The third kappa shape index (κ3) is 2.80. The number of nitrogens with zero attached hydrogens (tertiary/aromatic N) is 1. The standard InChI is InChI=1S/C14H16ClFN2O/c1-8(2)12(7-19)18-11-4-3-9-10(15)5-6-17-14(9)13(11)16/h3-6,8,12,18-19H,7H2,1-2H3/t12-/m1/s1. The van der Waals surface area contributed by atoms with Crippen molar-refractivity contribution in [1.29, 1.82) is 0 Å². The van der Waals surface area contributed by atoms with Crippen LogP contribution in [0.4, 0.5) is 10.1 Å². The van der Waals surface area contributed by atoms with Crippen molar-refractivity contribution in [3.63, 3.8) is 0 Å². The van der Waals surface area contributed by atoms with E-state index in [1.54, 1.807) is 18.2 Å². The molecule has 5 heteroatoms. The van der Waals surface area contributed by atoms with Crippen LogP contribution in [0.25, 0.3) is 10.9 Å². The van der Waals surface area contributed by atoms with Crippen molar-refractivity contribution < 1.29 is 9.50 Å². The summed E-state index contributed by atoms with van der Waals surface area (Å²) in [7, 11) is 0. The van der Waals surface area contributed by atoms with Crippen LogP contribution in [0.3, 0.4) is 0 Å². The third-order valence-corrected chi connectivity index (χ3v) is 3.47. The first kappa shape index (κ1) is 14.0. The zero-order valence-electron chi connectivity index (χ0n) is 10.8. The van der Waals surface area contributed by atoms with E-state index < -0.39 is 5.82 Å². The van der Waals surface area contributed by atoms with E-state index in [2.05, 4.69) is 10.3 Å². The number of benzene rings is 1. The summed E-state index contributed by atoms with van der Waals surface area (Å²) in [5, 5.41) is 13.3. The maximum absolute atomic E-state index is 14.3. The van der Waals surface area contributed by atoms with Gasteiger partial charge in [0.15, 0.2) is 5.82 Å². The molecule has 2 rings (SSSR count). The van der Waals surface area contributed by atoms with E-state index in [0.717, 1.165) is 0 Å². The minimum atomic E-state index is -0.445. The number of hydrogen-bond acceptors (Lipinski definition) is 3. The van der Waals surface area contributed by atoms with Gasteiger partial charge in [-0.15, -0.1) is 0 Å². The summed E-state index contributed by atoms with van der Waals surface area (Å²) < 4.78 is 14.3. The Balaban J connectivity index is 2.43. The van der Waals surface area contributed by atoms with Crippen molar-refractivity contribution in [1.82, 2.24) is 4.98 Å². The molecule has 102 valence electrons. The molecule has 2 aromatic rings. The van der Waals surface area contributed by atoms with Gasteiger partial charge in [0.2, 0.25) is 0 Å². The second-order valence-corrected chi connectivity index (χ2v) is 5.20. The number of halogens is 2. The van der Waals surface area contributed by atoms with Crippen LogP contribution in [0.5, 0.6) is 0 Å². The maximum atomic E-state index is 14.3. The van der Waals surface area contributed by atoms with Crippen LogP contribution in [0.1, 0.15) is 13.8 Å². The van der Waals surface area contributed by atoms with Gasteiger partial charge in [0, 0.05) is 11.6 Å². The van der Waals surface area contributed by atoms with Crippen LogP contribution in [0.15, 0.2) is 24.4 Å². The fraction of sp³-hybridized carbons (Fsp3) is 0.357. The molecule has 0 unspecified atom stereocenters. The Kier molecular flexibility index (Phi) is 4.22. The highest BCUT2D eigenvalue weighted by molar-refractivity contribution is 6.35. The normalized spacial score (nSPS) is 12.9. The molecule has 0 bridgehead atoms. The maximum Gasteiger partial charge on any atom is 0.172 e. The first-order chi connectivity index (χ1) is 9.04. The molecule has 1 heterocycles. The summed E-state index contributed by atoms with van der Waals surface area (Å²) in [6.45, 7) is 3.86. The Labute approximate surface area is 116 Å². The molecule has 0 fully saturated rings. The van der Waals surface area contributed by atoms with E-state index in [9.17, 15) is 9.50 Å². The van der Waals surface area contributed by atoms with E-state index in [4.69, 9.17) is 11.6 Å². The van der Waals surface area contributed by atoms with Gasteiger partial charge in [0.25, 0.3) is 0 Å². The lowest BCUT2D eigenvalue weighted by Gasteiger charge is -2.21. The second kappa shape index (κ2) is 5.72. The zero-order valence-corrected chi connectivity index (χ0v) is 11.6. The molecule has 1 atom stereocenters. The third-order valence-electron chi connectivity index (χ3n) is 3.14. The van der Waals surface area contributed by atoms with Crippen molar-refractivity contribution in [2.75, 3.05) is 11.9 Å². The molecular formula is C14H16ClFN2O. The largest absolute Gasteiger partial charge is 0.394 e. The number of pyridine rings is 1. The topological polar surface area (TPSA) is 45.1 Å². The summed E-state index contributed by atoms with van der Waals surface area (Å²) in [6.07, 6.45) is 1.48. The molecule has 0 spiro atoms. The number of nitrogens with one attached hydrogen (secondary N) is 1. The van der Waals surface area contributed by atoms with Gasteiger partial charge >= 0.3 is 0 Å². The monoisotopic (exact) mass is 282 g/mol. The fourth-order valence-corrected chi connectivity index (χ4v) is 2.09. The molecule has 0 radical (unpaired) electrons. The van der Waals surface area contributed by atoms with Crippen molar-refractivity contribution in [3.8, 4) is 0 Å². The van der Waals surface area contributed by atoms with Gasteiger partial charge in [-0.1, -0.05) is 25.4 Å². The lowest BCUT2D eigenvalue weighted by molar-refractivity contribution is 0.249. The van der Waals surface area contributed by atoms with E-state index in [1.807, 2.05) is 13.8 Å². The van der Waals surface area contributed by atoms with E-state index in [0.29, 0.717) is 16.1 Å². The van der Waals surface area contributed by atoms with Crippen molar-refractivity contribution in [3.05, 3.63) is 35.2 Å².